The van der Waals surface area contributed by atoms with Gasteiger partial charge in [-0.2, -0.15) is 0 Å². The summed E-state index contributed by atoms with van der Waals surface area (Å²) in [6.45, 7) is 14.8. The van der Waals surface area contributed by atoms with Crippen molar-refractivity contribution in [3.8, 4) is 0 Å². The molecule has 1 nitrogen and oxygen atoms in total. The zero-order valence-electron chi connectivity index (χ0n) is 31.4. The van der Waals surface area contributed by atoms with Crippen molar-refractivity contribution in [3.05, 3.63) is 0 Å². The van der Waals surface area contributed by atoms with Crippen LogP contribution in [0.3, 0.4) is 0 Å². The molecule has 0 aliphatic carbocycles. The normalized spacial score (nSPS) is 12.1. The minimum absolute atomic E-state index is 0.371. The van der Waals surface area contributed by atoms with Crippen molar-refractivity contribution in [2.24, 2.45) is 0 Å². The molecule has 0 aliphatic rings. The molecular weight excluding hydrogens is 518 g/mol. The molecule has 0 aliphatic heterocycles. The summed E-state index contributed by atoms with van der Waals surface area (Å²) in [7, 11) is 0. The van der Waals surface area contributed by atoms with Crippen LogP contribution in [0, 0.1) is 0 Å². The maximum absolute atomic E-state index is 2.92. The van der Waals surface area contributed by atoms with Gasteiger partial charge in [0.15, 0.2) is 0 Å². The zero-order chi connectivity index (χ0) is 31.5. The third kappa shape index (κ3) is 31.7. The molecule has 0 amide bonds. The second kappa shape index (κ2) is 34.8. The lowest BCUT2D eigenvalue weighted by Gasteiger charge is -2.39. The van der Waals surface area contributed by atoms with Crippen molar-refractivity contribution in [2.75, 3.05) is 13.1 Å². The molecule has 0 saturated carbocycles. The lowest BCUT2D eigenvalue weighted by atomic mass is 9.92. The zero-order valence-corrected chi connectivity index (χ0v) is 31.4. The Labute approximate surface area is 275 Å². The van der Waals surface area contributed by atoms with Crippen molar-refractivity contribution >= 4 is 0 Å². The van der Waals surface area contributed by atoms with Crippen LogP contribution in [-0.2, 0) is 0 Å². The molecule has 260 valence electrons. The highest BCUT2D eigenvalue weighted by molar-refractivity contribution is 4.81. The van der Waals surface area contributed by atoms with Gasteiger partial charge in [0.05, 0.1) is 0 Å². The Bertz CT molecular complexity index is 471. The van der Waals surface area contributed by atoms with Crippen LogP contribution in [-0.4, -0.2) is 23.5 Å². The summed E-state index contributed by atoms with van der Waals surface area (Å²) in [5.41, 5.74) is 0.371. The van der Waals surface area contributed by atoms with Gasteiger partial charge in [0, 0.05) is 5.54 Å². The SMILES string of the molecule is CCCCCCCCCCCCCN(CCCCCCCCCCCCC)C(C)(C)CCCCCCCCCCCCC. The van der Waals surface area contributed by atoms with Gasteiger partial charge >= 0.3 is 0 Å². The highest BCUT2D eigenvalue weighted by atomic mass is 15.2. The molecule has 0 rings (SSSR count). The van der Waals surface area contributed by atoms with Gasteiger partial charge in [-0.25, -0.2) is 0 Å². The molecule has 0 radical (unpaired) electrons. The fraction of sp³-hybridized carbons (Fsp3) is 1.00. The summed E-state index contributed by atoms with van der Waals surface area (Å²) in [6.07, 6.45) is 49.2. The standard InChI is InChI=1S/C42H87N/c1-6-9-12-15-18-21-24-27-30-33-36-39-42(4,5)43(40-37-34-31-28-25-22-19-16-13-10-7-2)41-38-35-32-29-26-23-20-17-14-11-8-3/h6-41H2,1-5H3. The van der Waals surface area contributed by atoms with Crippen LogP contribution in [0.25, 0.3) is 0 Å². The van der Waals surface area contributed by atoms with E-state index >= 15 is 0 Å². The first kappa shape index (κ1) is 43.0. The van der Waals surface area contributed by atoms with Crippen molar-refractivity contribution in [1.29, 1.82) is 0 Å². The van der Waals surface area contributed by atoms with E-state index in [1.165, 1.54) is 231 Å². The summed E-state index contributed by atoms with van der Waals surface area (Å²) in [5.74, 6) is 0. The molecule has 0 fully saturated rings. The van der Waals surface area contributed by atoms with E-state index < -0.39 is 0 Å². The van der Waals surface area contributed by atoms with Gasteiger partial charge in [0.1, 0.15) is 0 Å². The van der Waals surface area contributed by atoms with Gasteiger partial charge in [0.2, 0.25) is 0 Å². The summed E-state index contributed by atoms with van der Waals surface area (Å²) in [5, 5.41) is 0. The molecule has 0 atom stereocenters. The van der Waals surface area contributed by atoms with Crippen LogP contribution in [0.2, 0.25) is 0 Å². The Hall–Kier alpha value is -0.0400. The predicted octanol–water partition coefficient (Wildman–Crippen LogP) is 15.4. The quantitative estimate of drug-likeness (QED) is 0.0637. The highest BCUT2D eigenvalue weighted by Crippen LogP contribution is 2.25. The van der Waals surface area contributed by atoms with Gasteiger partial charge in [-0.05, 0) is 46.2 Å². The monoisotopic (exact) mass is 606 g/mol. The highest BCUT2D eigenvalue weighted by Gasteiger charge is 2.25. The Morgan fingerprint density at radius 2 is 0.488 bits per heavy atom. The maximum Gasteiger partial charge on any atom is 0.0153 e. The van der Waals surface area contributed by atoms with Gasteiger partial charge in [-0.3, -0.25) is 4.90 Å². The van der Waals surface area contributed by atoms with E-state index in [0.29, 0.717) is 5.54 Å². The van der Waals surface area contributed by atoms with E-state index in [0.717, 1.165) is 0 Å². The molecule has 0 unspecified atom stereocenters. The Morgan fingerprint density at radius 3 is 0.744 bits per heavy atom. The summed E-state index contributed by atoms with van der Waals surface area (Å²) in [6, 6.07) is 0. The van der Waals surface area contributed by atoms with Crippen LogP contribution in [0.15, 0.2) is 0 Å². The maximum atomic E-state index is 2.92. The molecule has 0 heterocycles. The molecule has 0 saturated heterocycles. The Morgan fingerprint density at radius 1 is 0.279 bits per heavy atom. The molecule has 0 N–H and O–H groups in total. The van der Waals surface area contributed by atoms with Gasteiger partial charge in [-0.1, -0.05) is 220 Å². The van der Waals surface area contributed by atoms with E-state index in [2.05, 4.69) is 39.5 Å². The second-order valence-corrected chi connectivity index (χ2v) is 15.2. The van der Waals surface area contributed by atoms with Crippen molar-refractivity contribution < 1.29 is 0 Å². The third-order valence-corrected chi connectivity index (χ3v) is 10.3. The molecule has 0 spiro atoms. The minimum atomic E-state index is 0.371. The van der Waals surface area contributed by atoms with E-state index in [1.807, 2.05) is 0 Å². The molecule has 1 heteroatoms. The number of rotatable bonds is 37. The third-order valence-electron chi connectivity index (χ3n) is 10.3. The Balaban J connectivity index is 4.22. The van der Waals surface area contributed by atoms with Crippen LogP contribution in [0.4, 0.5) is 0 Å². The summed E-state index contributed by atoms with van der Waals surface area (Å²) in [4.78, 5) is 2.92. The van der Waals surface area contributed by atoms with Gasteiger partial charge < -0.3 is 0 Å². The first-order valence-corrected chi connectivity index (χ1v) is 20.8. The van der Waals surface area contributed by atoms with Crippen LogP contribution in [0.5, 0.6) is 0 Å². The second-order valence-electron chi connectivity index (χ2n) is 15.2. The van der Waals surface area contributed by atoms with E-state index in [-0.39, 0.29) is 0 Å². The molecule has 0 aromatic rings. The van der Waals surface area contributed by atoms with Gasteiger partial charge in [0.25, 0.3) is 0 Å². The first-order valence-electron chi connectivity index (χ1n) is 20.8. The smallest absolute Gasteiger partial charge is 0.0153 e. The van der Waals surface area contributed by atoms with Gasteiger partial charge in [-0.15, -0.1) is 0 Å². The number of nitrogens with zero attached hydrogens (tertiary/aromatic N) is 1. The largest absolute Gasteiger partial charge is 0.298 e. The van der Waals surface area contributed by atoms with Crippen molar-refractivity contribution in [1.82, 2.24) is 4.90 Å². The first-order chi connectivity index (χ1) is 21.1. The average molecular weight is 606 g/mol. The molecule has 43 heavy (non-hydrogen) atoms. The summed E-state index contributed by atoms with van der Waals surface area (Å²) < 4.78 is 0. The van der Waals surface area contributed by atoms with Crippen LogP contribution in [0.1, 0.15) is 253 Å². The van der Waals surface area contributed by atoms with Crippen molar-refractivity contribution in [2.45, 2.75) is 258 Å². The molecular formula is C42H87N. The fourth-order valence-corrected chi connectivity index (χ4v) is 7.03. The van der Waals surface area contributed by atoms with E-state index in [9.17, 15) is 0 Å². The predicted molar refractivity (Wildman–Crippen MR) is 200 cm³/mol. The molecule has 0 bridgehead atoms. The number of hydrogen-bond donors (Lipinski definition) is 0. The lowest BCUT2D eigenvalue weighted by Crippen LogP contribution is -2.45. The Kier molecular flexibility index (Phi) is 34.8. The average Bonchev–Trinajstić information content (AvgIpc) is 3.00. The topological polar surface area (TPSA) is 3.24 Å². The van der Waals surface area contributed by atoms with E-state index in [1.54, 1.807) is 0 Å². The lowest BCUT2D eigenvalue weighted by molar-refractivity contribution is 0.102. The molecule has 0 aromatic carbocycles. The van der Waals surface area contributed by atoms with Crippen molar-refractivity contribution in [3.63, 3.8) is 0 Å². The minimum Gasteiger partial charge on any atom is -0.298 e. The number of unbranched alkanes of at least 4 members (excludes halogenated alkanes) is 30. The van der Waals surface area contributed by atoms with Crippen LogP contribution >= 0.6 is 0 Å². The van der Waals surface area contributed by atoms with E-state index in [4.69, 9.17) is 0 Å². The molecule has 0 aromatic heterocycles. The number of hydrogen-bond acceptors (Lipinski definition) is 1. The van der Waals surface area contributed by atoms with Crippen LogP contribution < -0.4 is 0 Å². The fourth-order valence-electron chi connectivity index (χ4n) is 7.03. The summed E-state index contributed by atoms with van der Waals surface area (Å²) >= 11 is 0.